The molecule has 0 heterocycles. The highest BCUT2D eigenvalue weighted by atomic mass is 35.5. The molecule has 3 aromatic rings. The van der Waals surface area contributed by atoms with Gasteiger partial charge in [0.2, 0.25) is 5.91 Å². The molecule has 0 saturated carbocycles. The molecule has 0 spiro atoms. The van der Waals surface area contributed by atoms with Crippen molar-refractivity contribution in [2.24, 2.45) is 0 Å². The van der Waals surface area contributed by atoms with E-state index in [1.807, 2.05) is 6.07 Å². The lowest BCUT2D eigenvalue weighted by molar-refractivity contribution is -0.137. The molecule has 0 aromatic heterocycles. The molecule has 0 aliphatic carbocycles. The van der Waals surface area contributed by atoms with Gasteiger partial charge >= 0.3 is 6.18 Å². The Kier molecular flexibility index (Phi) is 7.61. The zero-order chi connectivity index (χ0) is 24.2. The van der Waals surface area contributed by atoms with E-state index in [4.69, 9.17) is 16.9 Å². The molecule has 33 heavy (non-hydrogen) atoms. The molecule has 1 atom stereocenters. The Morgan fingerprint density at radius 2 is 1.73 bits per heavy atom. The van der Waals surface area contributed by atoms with Crippen LogP contribution in [0.3, 0.4) is 0 Å². The first kappa shape index (κ1) is 24.6. The van der Waals surface area contributed by atoms with Gasteiger partial charge < -0.3 is 5.32 Å². The van der Waals surface area contributed by atoms with Gasteiger partial charge in [0, 0.05) is 16.3 Å². The number of hydrogen-bond donors (Lipinski definition) is 1. The maximum Gasteiger partial charge on any atom is 0.416 e. The third kappa shape index (κ3) is 6.24. The molecule has 3 rings (SSSR count). The van der Waals surface area contributed by atoms with Crippen LogP contribution in [0.2, 0.25) is 5.02 Å². The van der Waals surface area contributed by atoms with Crippen molar-refractivity contribution in [2.45, 2.75) is 17.0 Å². The summed E-state index contributed by atoms with van der Waals surface area (Å²) in [7, 11) is 0. The average Bonchev–Trinajstić information content (AvgIpc) is 2.76. The van der Waals surface area contributed by atoms with Gasteiger partial charge in [-0.2, -0.15) is 18.4 Å². The summed E-state index contributed by atoms with van der Waals surface area (Å²) in [5.41, 5.74) is -0.0607. The highest BCUT2D eigenvalue weighted by Gasteiger charge is 2.31. The standard InChI is InChI=1S/C23H14ClF5N2OS/c24-19-9-16(6-3-14(19)11-30)31-22(32)18(12-33-17-7-8-20(25)21(26)10-17)13-1-4-15(5-2-13)23(27,28)29/h1-10,18H,12H2,(H,31,32). The maximum atomic E-state index is 13.5. The number of anilines is 1. The van der Waals surface area contributed by atoms with Crippen LogP contribution < -0.4 is 5.32 Å². The second-order valence-electron chi connectivity index (χ2n) is 6.85. The van der Waals surface area contributed by atoms with E-state index in [1.54, 1.807) is 0 Å². The first-order valence-corrected chi connectivity index (χ1v) is 10.7. The molecule has 3 aromatic carbocycles. The van der Waals surface area contributed by atoms with E-state index >= 15 is 0 Å². The number of amides is 1. The van der Waals surface area contributed by atoms with Crippen molar-refractivity contribution in [3.63, 3.8) is 0 Å². The molecule has 1 unspecified atom stereocenters. The van der Waals surface area contributed by atoms with Crippen molar-refractivity contribution in [2.75, 3.05) is 11.1 Å². The van der Waals surface area contributed by atoms with Crippen LogP contribution >= 0.6 is 23.4 Å². The number of rotatable bonds is 6. The summed E-state index contributed by atoms with van der Waals surface area (Å²) in [5, 5.41) is 11.7. The Morgan fingerprint density at radius 3 is 2.30 bits per heavy atom. The second-order valence-corrected chi connectivity index (χ2v) is 8.36. The van der Waals surface area contributed by atoms with Crippen molar-refractivity contribution < 1.29 is 26.7 Å². The number of alkyl halides is 3. The number of carbonyl (C=O) groups excluding carboxylic acids is 1. The molecule has 0 radical (unpaired) electrons. The van der Waals surface area contributed by atoms with E-state index in [2.05, 4.69) is 5.32 Å². The molecule has 1 N–H and O–H groups in total. The number of thioether (sulfide) groups is 1. The van der Waals surface area contributed by atoms with Crippen molar-refractivity contribution >= 4 is 35.0 Å². The molecule has 0 bridgehead atoms. The summed E-state index contributed by atoms with van der Waals surface area (Å²) in [6, 6.07) is 13.6. The van der Waals surface area contributed by atoms with Gasteiger partial charge in [-0.3, -0.25) is 4.79 Å². The van der Waals surface area contributed by atoms with Crippen molar-refractivity contribution in [3.05, 3.63) is 94.0 Å². The summed E-state index contributed by atoms with van der Waals surface area (Å²) >= 11 is 7.03. The zero-order valence-electron chi connectivity index (χ0n) is 16.6. The summed E-state index contributed by atoms with van der Waals surface area (Å²) in [6.45, 7) is 0. The van der Waals surface area contributed by atoms with E-state index < -0.39 is 35.2 Å². The van der Waals surface area contributed by atoms with E-state index in [0.717, 1.165) is 36.0 Å². The Morgan fingerprint density at radius 1 is 1.03 bits per heavy atom. The lowest BCUT2D eigenvalue weighted by Gasteiger charge is -2.18. The summed E-state index contributed by atoms with van der Waals surface area (Å²) in [5.74, 6) is -3.52. The highest BCUT2D eigenvalue weighted by molar-refractivity contribution is 7.99. The lowest BCUT2D eigenvalue weighted by atomic mass is 9.98. The molecule has 0 aliphatic rings. The quantitative estimate of drug-likeness (QED) is 0.294. The number of benzene rings is 3. The molecule has 0 aliphatic heterocycles. The number of nitrogens with zero attached hydrogens (tertiary/aromatic N) is 1. The number of carbonyl (C=O) groups is 1. The fourth-order valence-corrected chi connectivity index (χ4v) is 4.16. The molecule has 1 amide bonds. The summed E-state index contributed by atoms with van der Waals surface area (Å²) in [4.78, 5) is 13.4. The molecular formula is C23H14ClF5N2OS. The number of nitrogens with one attached hydrogen (secondary N) is 1. The van der Waals surface area contributed by atoms with Gasteiger partial charge in [-0.15, -0.1) is 11.8 Å². The normalized spacial score (nSPS) is 12.2. The van der Waals surface area contributed by atoms with Gasteiger partial charge in [-0.1, -0.05) is 23.7 Å². The van der Waals surface area contributed by atoms with Crippen molar-refractivity contribution in [1.82, 2.24) is 0 Å². The second kappa shape index (κ2) is 10.2. The third-order valence-electron chi connectivity index (χ3n) is 4.62. The Bertz CT molecular complexity index is 1210. The maximum absolute atomic E-state index is 13.5. The smallest absolute Gasteiger partial charge is 0.325 e. The molecular weight excluding hydrogens is 483 g/mol. The van der Waals surface area contributed by atoms with Gasteiger partial charge in [0.05, 0.1) is 22.1 Å². The Labute approximate surface area is 195 Å². The van der Waals surface area contributed by atoms with Crippen LogP contribution in [0.15, 0.2) is 65.6 Å². The molecule has 170 valence electrons. The predicted molar refractivity (Wildman–Crippen MR) is 116 cm³/mol. The highest BCUT2D eigenvalue weighted by Crippen LogP contribution is 2.33. The van der Waals surface area contributed by atoms with Crippen LogP contribution in [0.25, 0.3) is 0 Å². The molecule has 0 saturated heterocycles. The topological polar surface area (TPSA) is 52.9 Å². The van der Waals surface area contributed by atoms with Gasteiger partial charge in [-0.05, 0) is 54.1 Å². The van der Waals surface area contributed by atoms with Crippen LogP contribution in [0, 0.1) is 23.0 Å². The summed E-state index contributed by atoms with van der Waals surface area (Å²) in [6.07, 6.45) is -4.53. The number of halogens is 6. The van der Waals surface area contributed by atoms with E-state index in [1.165, 1.54) is 36.4 Å². The largest absolute Gasteiger partial charge is 0.416 e. The molecule has 0 fully saturated rings. The van der Waals surface area contributed by atoms with Crippen LogP contribution in [0.4, 0.5) is 27.6 Å². The molecule has 3 nitrogen and oxygen atoms in total. The SMILES string of the molecule is N#Cc1ccc(NC(=O)C(CSc2ccc(F)c(F)c2)c2ccc(C(F)(F)F)cc2)cc1Cl. The van der Waals surface area contributed by atoms with E-state index in [0.29, 0.717) is 16.1 Å². The van der Waals surface area contributed by atoms with Crippen LogP contribution in [0.1, 0.15) is 22.6 Å². The first-order valence-electron chi connectivity index (χ1n) is 9.34. The predicted octanol–water partition coefficient (Wildman–Crippen LogP) is 7.02. The summed E-state index contributed by atoms with van der Waals surface area (Å²) < 4.78 is 65.5. The minimum atomic E-state index is -4.53. The third-order valence-corrected chi connectivity index (χ3v) is 6.02. The number of hydrogen-bond acceptors (Lipinski definition) is 3. The van der Waals surface area contributed by atoms with Crippen LogP contribution in [-0.2, 0) is 11.0 Å². The van der Waals surface area contributed by atoms with Crippen molar-refractivity contribution in [1.29, 1.82) is 5.26 Å². The van der Waals surface area contributed by atoms with Gasteiger partial charge in [0.25, 0.3) is 0 Å². The fraction of sp³-hybridized carbons (Fsp3) is 0.130. The minimum absolute atomic E-state index is 0.0340. The van der Waals surface area contributed by atoms with Crippen molar-refractivity contribution in [3.8, 4) is 6.07 Å². The van der Waals surface area contributed by atoms with Crippen LogP contribution in [0.5, 0.6) is 0 Å². The number of nitriles is 1. The van der Waals surface area contributed by atoms with E-state index in [9.17, 15) is 26.7 Å². The van der Waals surface area contributed by atoms with Gasteiger partial charge in [0.15, 0.2) is 11.6 Å². The van der Waals surface area contributed by atoms with Gasteiger partial charge in [-0.25, -0.2) is 8.78 Å². The zero-order valence-corrected chi connectivity index (χ0v) is 18.2. The first-order chi connectivity index (χ1) is 15.6. The van der Waals surface area contributed by atoms with E-state index in [-0.39, 0.29) is 16.3 Å². The molecule has 10 heteroatoms. The van der Waals surface area contributed by atoms with Crippen LogP contribution in [-0.4, -0.2) is 11.7 Å². The fourth-order valence-electron chi connectivity index (χ4n) is 2.89. The Hall–Kier alpha value is -3.09. The lowest BCUT2D eigenvalue weighted by Crippen LogP contribution is -2.23. The monoisotopic (exact) mass is 496 g/mol. The Balaban J connectivity index is 1.86. The average molecular weight is 497 g/mol. The van der Waals surface area contributed by atoms with Gasteiger partial charge in [0.1, 0.15) is 6.07 Å². The minimum Gasteiger partial charge on any atom is -0.325 e.